The van der Waals surface area contributed by atoms with Gasteiger partial charge in [-0.05, 0) is 0 Å². The predicted octanol–water partition coefficient (Wildman–Crippen LogP) is -2.31. The Hall–Kier alpha value is -1.15. The summed E-state index contributed by atoms with van der Waals surface area (Å²) in [5, 5.41) is 8.34. The molecule has 82 valence electrons. The number of aliphatic carboxylic acids is 1. The summed E-state index contributed by atoms with van der Waals surface area (Å²) < 4.78 is 22.2. The van der Waals surface area contributed by atoms with E-state index < -0.39 is 39.3 Å². The molecule has 0 aliphatic carbocycles. The first kappa shape index (κ1) is 12.8. The molecule has 0 aliphatic heterocycles. The van der Waals surface area contributed by atoms with Crippen LogP contribution in [-0.2, 0) is 19.4 Å². The number of carboxylic acid groups (broad SMARTS) is 1. The molecular formula is C6H12N2O5S. The van der Waals surface area contributed by atoms with Crippen LogP contribution in [0.15, 0.2) is 0 Å². The number of carbonyl (C=O) groups is 2. The van der Waals surface area contributed by atoms with E-state index >= 15 is 0 Å². The summed E-state index contributed by atoms with van der Waals surface area (Å²) in [6.07, 6.45) is -0.325. The van der Waals surface area contributed by atoms with E-state index in [2.05, 4.69) is 0 Å². The first-order valence-electron chi connectivity index (χ1n) is 3.72. The minimum atomic E-state index is -3.63. The normalized spacial score (nSPS) is 13.5. The second-order valence-corrected chi connectivity index (χ2v) is 5.00. The van der Waals surface area contributed by atoms with Crippen LogP contribution >= 0.6 is 0 Å². The average Bonchev–Trinajstić information content (AvgIpc) is 2.00. The minimum Gasteiger partial charge on any atom is -0.480 e. The van der Waals surface area contributed by atoms with Crippen molar-refractivity contribution in [3.63, 3.8) is 0 Å². The quantitative estimate of drug-likeness (QED) is 0.463. The van der Waals surface area contributed by atoms with Crippen molar-refractivity contribution >= 4 is 21.7 Å². The van der Waals surface area contributed by atoms with Gasteiger partial charge in [0.15, 0.2) is 9.84 Å². The van der Waals surface area contributed by atoms with Crippen molar-refractivity contribution in [1.82, 2.24) is 0 Å². The average molecular weight is 224 g/mol. The van der Waals surface area contributed by atoms with E-state index in [1.165, 1.54) is 0 Å². The lowest BCUT2D eigenvalue weighted by Crippen LogP contribution is -2.38. The van der Waals surface area contributed by atoms with Gasteiger partial charge in [0, 0.05) is 6.42 Å². The molecule has 0 aromatic heterocycles. The molecular weight excluding hydrogens is 212 g/mol. The lowest BCUT2D eigenvalue weighted by atomic mass is 10.4. The number of nitrogens with two attached hydrogens (primary N) is 2. The van der Waals surface area contributed by atoms with Gasteiger partial charge in [-0.3, -0.25) is 9.59 Å². The Bertz CT molecular complexity index is 323. The van der Waals surface area contributed by atoms with Gasteiger partial charge in [-0.1, -0.05) is 0 Å². The highest BCUT2D eigenvalue weighted by atomic mass is 32.2. The summed E-state index contributed by atoms with van der Waals surface area (Å²) >= 11 is 0. The van der Waals surface area contributed by atoms with E-state index in [-0.39, 0.29) is 6.42 Å². The van der Waals surface area contributed by atoms with E-state index in [9.17, 15) is 18.0 Å². The Balaban J connectivity index is 4.21. The molecule has 0 unspecified atom stereocenters. The van der Waals surface area contributed by atoms with Crippen molar-refractivity contribution in [2.75, 3.05) is 11.5 Å². The maximum absolute atomic E-state index is 11.1. The number of carbonyl (C=O) groups excluding carboxylic acids is 1. The molecule has 8 heteroatoms. The second-order valence-electron chi connectivity index (χ2n) is 2.78. The Morgan fingerprint density at radius 3 is 2.21 bits per heavy atom. The topological polar surface area (TPSA) is 141 Å². The zero-order valence-electron chi connectivity index (χ0n) is 7.34. The molecule has 5 N–H and O–H groups in total. The molecule has 0 bridgehead atoms. The number of carboxylic acids is 1. The van der Waals surface area contributed by atoms with Crippen LogP contribution in [0.3, 0.4) is 0 Å². The maximum Gasteiger partial charge on any atom is 0.321 e. The molecule has 0 aromatic rings. The second kappa shape index (κ2) is 4.91. The number of hydrogen-bond acceptors (Lipinski definition) is 5. The van der Waals surface area contributed by atoms with E-state index in [1.54, 1.807) is 0 Å². The molecule has 0 aromatic carbocycles. The number of amides is 1. The van der Waals surface area contributed by atoms with Crippen LogP contribution in [0.2, 0.25) is 0 Å². The van der Waals surface area contributed by atoms with Gasteiger partial charge in [-0.25, -0.2) is 8.42 Å². The monoisotopic (exact) mass is 224 g/mol. The number of sulfone groups is 1. The minimum absolute atomic E-state index is 0.325. The fourth-order valence-corrected chi connectivity index (χ4v) is 2.05. The molecule has 14 heavy (non-hydrogen) atoms. The first-order chi connectivity index (χ1) is 6.24. The fourth-order valence-electron chi connectivity index (χ4n) is 0.684. The molecule has 0 saturated heterocycles. The van der Waals surface area contributed by atoms with Crippen molar-refractivity contribution in [3.05, 3.63) is 0 Å². The number of rotatable bonds is 6. The highest BCUT2D eigenvalue weighted by Crippen LogP contribution is 1.96. The summed E-state index contributed by atoms with van der Waals surface area (Å²) in [4.78, 5) is 20.5. The third-order valence-corrected chi connectivity index (χ3v) is 3.10. The zero-order chi connectivity index (χ0) is 11.4. The Kier molecular flexibility index (Phi) is 4.51. The van der Waals surface area contributed by atoms with Crippen molar-refractivity contribution in [2.24, 2.45) is 11.5 Å². The van der Waals surface area contributed by atoms with Gasteiger partial charge in [-0.2, -0.15) is 0 Å². The summed E-state index contributed by atoms with van der Waals surface area (Å²) in [7, 11) is -3.63. The predicted molar refractivity (Wildman–Crippen MR) is 48.1 cm³/mol. The largest absolute Gasteiger partial charge is 0.480 e. The Morgan fingerprint density at radius 1 is 1.36 bits per heavy atom. The van der Waals surface area contributed by atoms with E-state index in [4.69, 9.17) is 16.6 Å². The SMILES string of the molecule is NC(=O)CCS(=O)(=O)C[C@H](N)C(=O)O. The van der Waals surface area contributed by atoms with Gasteiger partial charge >= 0.3 is 5.97 Å². The van der Waals surface area contributed by atoms with Crippen LogP contribution in [0.5, 0.6) is 0 Å². The van der Waals surface area contributed by atoms with Gasteiger partial charge in [-0.15, -0.1) is 0 Å². The summed E-state index contributed by atoms with van der Waals surface area (Å²) in [5.41, 5.74) is 9.75. The highest BCUT2D eigenvalue weighted by Gasteiger charge is 2.21. The molecule has 7 nitrogen and oxygen atoms in total. The molecule has 0 aliphatic rings. The molecule has 0 radical (unpaired) electrons. The molecule has 0 fully saturated rings. The molecule has 1 atom stereocenters. The van der Waals surface area contributed by atoms with Crippen LogP contribution in [0, 0.1) is 0 Å². The molecule has 0 saturated carbocycles. The van der Waals surface area contributed by atoms with Crippen LogP contribution in [0.25, 0.3) is 0 Å². The smallest absolute Gasteiger partial charge is 0.321 e. The van der Waals surface area contributed by atoms with Gasteiger partial charge in [0.2, 0.25) is 5.91 Å². The van der Waals surface area contributed by atoms with Crippen LogP contribution in [-0.4, -0.2) is 42.9 Å². The highest BCUT2D eigenvalue weighted by molar-refractivity contribution is 7.91. The number of primary amides is 1. The van der Waals surface area contributed by atoms with E-state index in [0.29, 0.717) is 0 Å². The van der Waals surface area contributed by atoms with Crippen molar-refractivity contribution in [1.29, 1.82) is 0 Å². The third-order valence-electron chi connectivity index (χ3n) is 1.41. The maximum atomic E-state index is 11.1. The lowest BCUT2D eigenvalue weighted by Gasteiger charge is -2.06. The molecule has 1 amide bonds. The molecule has 0 spiro atoms. The fraction of sp³-hybridized carbons (Fsp3) is 0.667. The molecule has 0 rings (SSSR count). The van der Waals surface area contributed by atoms with Gasteiger partial charge in [0.05, 0.1) is 11.5 Å². The van der Waals surface area contributed by atoms with Gasteiger partial charge in [0.1, 0.15) is 6.04 Å². The van der Waals surface area contributed by atoms with Gasteiger partial charge < -0.3 is 16.6 Å². The molecule has 0 heterocycles. The number of hydrogen-bond donors (Lipinski definition) is 3. The van der Waals surface area contributed by atoms with E-state index in [1.807, 2.05) is 0 Å². The van der Waals surface area contributed by atoms with Crippen LogP contribution < -0.4 is 11.5 Å². The zero-order valence-corrected chi connectivity index (χ0v) is 8.16. The first-order valence-corrected chi connectivity index (χ1v) is 5.54. The summed E-state index contributed by atoms with van der Waals surface area (Å²) in [5.74, 6) is -3.30. The standard InChI is InChI=1S/C6H12N2O5S/c7-4(6(10)11)3-14(12,13)2-1-5(8)9/h4H,1-3,7H2,(H2,8,9)(H,10,11)/t4-/m0/s1. The Labute approximate surface area is 81.0 Å². The lowest BCUT2D eigenvalue weighted by molar-refractivity contribution is -0.138. The van der Waals surface area contributed by atoms with Crippen molar-refractivity contribution < 1.29 is 23.1 Å². The van der Waals surface area contributed by atoms with Crippen molar-refractivity contribution in [3.8, 4) is 0 Å². The van der Waals surface area contributed by atoms with Crippen LogP contribution in [0.4, 0.5) is 0 Å². The Morgan fingerprint density at radius 2 is 1.86 bits per heavy atom. The third kappa shape index (κ3) is 5.49. The van der Waals surface area contributed by atoms with Crippen LogP contribution in [0.1, 0.15) is 6.42 Å². The summed E-state index contributed by atoms with van der Waals surface area (Å²) in [6, 6.07) is -1.46. The van der Waals surface area contributed by atoms with Gasteiger partial charge in [0.25, 0.3) is 0 Å². The van der Waals surface area contributed by atoms with Crippen molar-refractivity contribution in [2.45, 2.75) is 12.5 Å². The summed E-state index contributed by atoms with van der Waals surface area (Å²) in [6.45, 7) is 0. The van der Waals surface area contributed by atoms with E-state index in [0.717, 1.165) is 0 Å².